The van der Waals surface area contributed by atoms with Gasteiger partial charge in [0.2, 0.25) is 0 Å². The van der Waals surface area contributed by atoms with Crippen molar-refractivity contribution < 1.29 is 9.84 Å². The Morgan fingerprint density at radius 3 is 2.78 bits per heavy atom. The molecule has 3 aromatic heterocycles. The number of nitrogens with zero attached hydrogens (tertiary/aromatic N) is 5. The van der Waals surface area contributed by atoms with Crippen LogP contribution in [0.25, 0.3) is 21.5 Å². The normalized spacial score (nSPS) is 20.7. The molecule has 4 aromatic rings. The van der Waals surface area contributed by atoms with Crippen molar-refractivity contribution >= 4 is 26.7 Å². The molecule has 188 valence electrons. The lowest BCUT2D eigenvalue weighted by Gasteiger charge is -2.27. The standard InChI is InChI=1S/C27H32N6O2S/c34-25-6-2-1-5-22(25)30-27-31-23-8-7-20(16-26(23)36-27)35-21-9-10-28-24(15-21)19-17-29-33(18-19)14-13-32-11-3-4-12-32/h7-10,15-18,22,25,34H,1-6,11-14H2,(H,30,31)/t22-,25-/m1/s1. The van der Waals surface area contributed by atoms with E-state index in [0.29, 0.717) is 0 Å². The van der Waals surface area contributed by atoms with Crippen LogP contribution >= 0.6 is 11.3 Å². The molecule has 36 heavy (non-hydrogen) atoms. The Kier molecular flexibility index (Phi) is 6.85. The largest absolute Gasteiger partial charge is 0.457 e. The van der Waals surface area contributed by atoms with Gasteiger partial charge in [-0.05, 0) is 57.0 Å². The zero-order chi connectivity index (χ0) is 24.3. The highest BCUT2D eigenvalue weighted by Gasteiger charge is 2.23. The van der Waals surface area contributed by atoms with E-state index in [1.54, 1.807) is 17.5 Å². The van der Waals surface area contributed by atoms with E-state index in [2.05, 4.69) is 26.5 Å². The molecule has 0 spiro atoms. The Balaban J connectivity index is 1.12. The fourth-order valence-corrected chi connectivity index (χ4v) is 6.06. The zero-order valence-electron chi connectivity index (χ0n) is 20.3. The van der Waals surface area contributed by atoms with Gasteiger partial charge in [-0.25, -0.2) is 4.98 Å². The van der Waals surface area contributed by atoms with E-state index in [0.717, 1.165) is 76.9 Å². The minimum atomic E-state index is -0.303. The van der Waals surface area contributed by atoms with Crippen molar-refractivity contribution in [1.82, 2.24) is 24.6 Å². The number of ether oxygens (including phenoxy) is 1. The SMILES string of the molecule is O[C@@H]1CCCC[C@H]1Nc1nc2ccc(Oc3ccnc(-c4cnn(CCN5CCCC5)c4)c3)cc2s1. The van der Waals surface area contributed by atoms with Gasteiger partial charge < -0.3 is 20.1 Å². The van der Waals surface area contributed by atoms with Gasteiger partial charge in [0.1, 0.15) is 11.5 Å². The molecular weight excluding hydrogens is 472 g/mol. The molecule has 1 aliphatic heterocycles. The van der Waals surface area contributed by atoms with Crippen molar-refractivity contribution in [1.29, 1.82) is 0 Å². The van der Waals surface area contributed by atoms with E-state index in [1.165, 1.54) is 25.9 Å². The molecule has 0 bridgehead atoms. The molecule has 0 radical (unpaired) electrons. The predicted octanol–water partition coefficient (Wildman–Crippen LogP) is 5.16. The van der Waals surface area contributed by atoms with Crippen molar-refractivity contribution in [2.24, 2.45) is 0 Å². The van der Waals surface area contributed by atoms with Crippen molar-refractivity contribution in [2.45, 2.75) is 57.2 Å². The average Bonchev–Trinajstić information content (AvgIpc) is 3.65. The van der Waals surface area contributed by atoms with E-state index in [9.17, 15) is 5.11 Å². The maximum atomic E-state index is 10.3. The number of pyridine rings is 1. The first kappa shape index (κ1) is 23.4. The van der Waals surface area contributed by atoms with Crippen molar-refractivity contribution in [3.63, 3.8) is 0 Å². The molecule has 0 unspecified atom stereocenters. The first-order valence-corrected chi connectivity index (χ1v) is 13.8. The molecule has 2 fully saturated rings. The number of aromatic nitrogens is 4. The third-order valence-corrected chi connectivity index (χ3v) is 8.09. The second kappa shape index (κ2) is 10.5. The van der Waals surface area contributed by atoms with Gasteiger partial charge in [-0.1, -0.05) is 24.2 Å². The third kappa shape index (κ3) is 5.38. The van der Waals surface area contributed by atoms with E-state index in [-0.39, 0.29) is 12.1 Å². The van der Waals surface area contributed by atoms with Gasteiger partial charge in [-0.15, -0.1) is 0 Å². The first-order valence-electron chi connectivity index (χ1n) is 12.9. The number of nitrogens with one attached hydrogen (secondary N) is 1. The number of aliphatic hydroxyl groups excluding tert-OH is 1. The fourth-order valence-electron chi connectivity index (χ4n) is 5.11. The first-order chi connectivity index (χ1) is 17.7. The second-order valence-corrected chi connectivity index (χ2v) is 10.8. The van der Waals surface area contributed by atoms with Crippen LogP contribution in [0.2, 0.25) is 0 Å². The van der Waals surface area contributed by atoms with Crippen LogP contribution in [-0.4, -0.2) is 61.5 Å². The lowest BCUT2D eigenvalue weighted by molar-refractivity contribution is 0.116. The van der Waals surface area contributed by atoms with Crippen LogP contribution in [0.3, 0.4) is 0 Å². The Morgan fingerprint density at radius 1 is 1.03 bits per heavy atom. The molecule has 0 amide bonds. The number of hydrogen-bond donors (Lipinski definition) is 2. The lowest BCUT2D eigenvalue weighted by atomic mass is 9.93. The zero-order valence-corrected chi connectivity index (χ0v) is 21.2. The van der Waals surface area contributed by atoms with E-state index >= 15 is 0 Å². The number of likely N-dealkylation sites (tertiary alicyclic amines) is 1. The number of hydrogen-bond acceptors (Lipinski definition) is 8. The summed E-state index contributed by atoms with van der Waals surface area (Å²) in [6.45, 7) is 4.32. The summed E-state index contributed by atoms with van der Waals surface area (Å²) in [5.41, 5.74) is 2.76. The summed E-state index contributed by atoms with van der Waals surface area (Å²) >= 11 is 1.59. The third-order valence-electron chi connectivity index (χ3n) is 7.14. The molecule has 9 heteroatoms. The summed E-state index contributed by atoms with van der Waals surface area (Å²) in [6.07, 6.45) is 12.1. The van der Waals surface area contributed by atoms with Crippen LogP contribution < -0.4 is 10.1 Å². The summed E-state index contributed by atoms with van der Waals surface area (Å²) in [4.78, 5) is 11.7. The van der Waals surface area contributed by atoms with Gasteiger partial charge in [0.25, 0.3) is 0 Å². The lowest BCUT2D eigenvalue weighted by Crippen LogP contribution is -2.36. The molecule has 2 N–H and O–H groups in total. The minimum Gasteiger partial charge on any atom is -0.457 e. The van der Waals surface area contributed by atoms with Gasteiger partial charge >= 0.3 is 0 Å². The molecule has 1 saturated heterocycles. The summed E-state index contributed by atoms with van der Waals surface area (Å²) < 4.78 is 9.24. The summed E-state index contributed by atoms with van der Waals surface area (Å²) in [5.74, 6) is 1.49. The molecular formula is C27H32N6O2S. The topological polar surface area (TPSA) is 88.3 Å². The van der Waals surface area contributed by atoms with Crippen molar-refractivity contribution in [3.8, 4) is 22.8 Å². The molecule has 4 heterocycles. The van der Waals surface area contributed by atoms with Crippen LogP contribution in [0.1, 0.15) is 38.5 Å². The number of benzene rings is 1. The Morgan fingerprint density at radius 2 is 1.89 bits per heavy atom. The number of anilines is 1. The van der Waals surface area contributed by atoms with Gasteiger partial charge in [0.05, 0.1) is 40.8 Å². The number of thiazole rings is 1. The highest BCUT2D eigenvalue weighted by Crippen LogP contribution is 2.33. The molecule has 6 rings (SSSR count). The molecule has 1 aromatic carbocycles. The predicted molar refractivity (Wildman–Crippen MR) is 143 cm³/mol. The number of aliphatic hydroxyl groups is 1. The average molecular weight is 505 g/mol. The van der Waals surface area contributed by atoms with Crippen LogP contribution in [0.5, 0.6) is 11.5 Å². The number of fused-ring (bicyclic) bond motifs is 1. The maximum Gasteiger partial charge on any atom is 0.184 e. The molecule has 1 aliphatic carbocycles. The summed E-state index contributed by atoms with van der Waals surface area (Å²) in [6, 6.07) is 9.85. The van der Waals surface area contributed by atoms with Gasteiger partial charge in [0, 0.05) is 36.6 Å². The second-order valence-electron chi connectivity index (χ2n) is 9.77. The summed E-state index contributed by atoms with van der Waals surface area (Å²) in [7, 11) is 0. The van der Waals surface area contributed by atoms with Crippen LogP contribution in [-0.2, 0) is 6.54 Å². The van der Waals surface area contributed by atoms with Gasteiger partial charge in [-0.2, -0.15) is 5.10 Å². The van der Waals surface area contributed by atoms with Crippen molar-refractivity contribution in [2.75, 3.05) is 25.0 Å². The van der Waals surface area contributed by atoms with E-state index < -0.39 is 0 Å². The Bertz CT molecular complexity index is 1310. The monoisotopic (exact) mass is 504 g/mol. The van der Waals surface area contributed by atoms with Gasteiger partial charge in [0.15, 0.2) is 5.13 Å². The minimum absolute atomic E-state index is 0.0786. The number of rotatable bonds is 8. The molecule has 1 saturated carbocycles. The quantitative estimate of drug-likeness (QED) is 0.343. The maximum absolute atomic E-state index is 10.3. The fraction of sp³-hybridized carbons (Fsp3) is 0.444. The van der Waals surface area contributed by atoms with Crippen LogP contribution in [0, 0.1) is 0 Å². The molecule has 2 atom stereocenters. The summed E-state index contributed by atoms with van der Waals surface area (Å²) in [5, 5.41) is 19.1. The van der Waals surface area contributed by atoms with E-state index in [4.69, 9.17) is 9.72 Å². The molecule has 8 nitrogen and oxygen atoms in total. The highest BCUT2D eigenvalue weighted by molar-refractivity contribution is 7.22. The van der Waals surface area contributed by atoms with Gasteiger partial charge in [-0.3, -0.25) is 9.67 Å². The Hall–Kier alpha value is -3.01. The smallest absolute Gasteiger partial charge is 0.184 e. The van der Waals surface area contributed by atoms with Crippen molar-refractivity contribution in [3.05, 3.63) is 48.9 Å². The molecule has 2 aliphatic rings. The van der Waals surface area contributed by atoms with E-state index in [1.807, 2.05) is 41.2 Å². The van der Waals surface area contributed by atoms with Crippen LogP contribution in [0.4, 0.5) is 5.13 Å². The van der Waals surface area contributed by atoms with Crippen LogP contribution in [0.15, 0.2) is 48.9 Å². The highest BCUT2D eigenvalue weighted by atomic mass is 32.1. The Labute approximate surface area is 214 Å².